The van der Waals surface area contributed by atoms with Crippen LogP contribution in [-0.2, 0) is 19.1 Å². The lowest BCUT2D eigenvalue weighted by Gasteiger charge is -2.36. The summed E-state index contributed by atoms with van der Waals surface area (Å²) in [5.74, 6) is -5.37. The van der Waals surface area contributed by atoms with Gasteiger partial charge in [-0.05, 0) is 29.3 Å². The first-order valence-electron chi connectivity index (χ1n) is 6.14. The van der Waals surface area contributed by atoms with Gasteiger partial charge in [0.1, 0.15) is 6.10 Å². The van der Waals surface area contributed by atoms with Crippen molar-refractivity contribution < 1.29 is 39.5 Å². The zero-order valence-corrected chi connectivity index (χ0v) is 12.9. The second kappa shape index (κ2) is 7.42. The van der Waals surface area contributed by atoms with Crippen LogP contribution in [0.2, 0.25) is 5.02 Å². The molecule has 1 aliphatic rings. The Morgan fingerprint density at radius 1 is 1.22 bits per heavy atom. The molecule has 0 saturated carbocycles. The number of hydrogen-bond acceptors (Lipinski definition) is 6. The Morgan fingerprint density at radius 3 is 2.22 bits per heavy atom. The fourth-order valence-electron chi connectivity index (χ4n) is 1.93. The fraction of sp³-hybridized carbons (Fsp3) is 0.286. The Balaban J connectivity index is 0.000000379. The van der Waals surface area contributed by atoms with Crippen molar-refractivity contribution in [2.45, 2.75) is 11.9 Å². The van der Waals surface area contributed by atoms with E-state index < -0.39 is 23.8 Å². The molecule has 2 rings (SSSR count). The van der Waals surface area contributed by atoms with E-state index in [-0.39, 0.29) is 5.76 Å². The number of aliphatic hydroxyl groups is 2. The molecule has 0 spiro atoms. The van der Waals surface area contributed by atoms with Crippen LogP contribution in [-0.4, -0.2) is 52.4 Å². The Kier molecular flexibility index (Phi) is 6.11. The molecule has 4 N–H and O–H groups in total. The van der Waals surface area contributed by atoms with Gasteiger partial charge in [0.2, 0.25) is 0 Å². The highest BCUT2D eigenvalue weighted by atomic mass is 35.5. The summed E-state index contributed by atoms with van der Waals surface area (Å²) in [6.07, 6.45) is 0.372. The molecule has 9 heteroatoms. The van der Waals surface area contributed by atoms with E-state index in [0.717, 1.165) is 0 Å². The first kappa shape index (κ1) is 18.9. The van der Waals surface area contributed by atoms with Crippen molar-refractivity contribution in [1.82, 2.24) is 0 Å². The van der Waals surface area contributed by atoms with Gasteiger partial charge >= 0.3 is 11.9 Å². The number of hydrogen-bond donors (Lipinski definition) is 4. The largest absolute Gasteiger partial charge is 0.495 e. The van der Waals surface area contributed by atoms with Crippen LogP contribution in [0, 0.1) is 0 Å². The topological polar surface area (TPSA) is 134 Å². The molecule has 0 bridgehead atoms. The summed E-state index contributed by atoms with van der Waals surface area (Å²) >= 11 is 5.87. The number of methoxy groups -OCH3 is 2. The van der Waals surface area contributed by atoms with Crippen molar-refractivity contribution in [3.05, 3.63) is 40.1 Å². The number of carboxylic acid groups (broad SMARTS) is 2. The molecule has 0 aromatic heterocycles. The van der Waals surface area contributed by atoms with Gasteiger partial charge < -0.3 is 29.9 Å². The first-order valence-corrected chi connectivity index (χ1v) is 6.52. The molecule has 23 heavy (non-hydrogen) atoms. The van der Waals surface area contributed by atoms with Crippen molar-refractivity contribution in [3.8, 4) is 0 Å². The minimum atomic E-state index is -1.87. The van der Waals surface area contributed by atoms with Crippen LogP contribution in [0.3, 0.4) is 0 Å². The lowest BCUT2D eigenvalue weighted by Crippen LogP contribution is -2.43. The van der Waals surface area contributed by atoms with Gasteiger partial charge in [-0.15, -0.1) is 0 Å². The minimum absolute atomic E-state index is 0.141. The van der Waals surface area contributed by atoms with Gasteiger partial charge in [0.15, 0.2) is 5.76 Å². The maximum absolute atomic E-state index is 10.2. The second-order valence-corrected chi connectivity index (χ2v) is 4.84. The summed E-state index contributed by atoms with van der Waals surface area (Å²) in [6.45, 7) is 0. The molecular formula is C14H15ClO8. The number of rotatable bonds is 2. The highest BCUT2D eigenvalue weighted by molar-refractivity contribution is 6.30. The average Bonchev–Trinajstić information content (AvgIpc) is 2.51. The molecule has 0 aliphatic heterocycles. The summed E-state index contributed by atoms with van der Waals surface area (Å²) in [7, 11) is 2.70. The first-order chi connectivity index (χ1) is 10.7. The van der Waals surface area contributed by atoms with Crippen LogP contribution in [0.4, 0.5) is 0 Å². The standard InChI is InChI=1S/C12H13ClO4.C2H2O4/c1-16-10-6-7-5-8(13)3-4-9(7)11(14)12(10,15)17-2;3-1(4)2(5)6/h3-6,11,14-15H,1-2H3;(H,3,4)(H,5,6). The number of carboxylic acids is 2. The summed E-state index contributed by atoms with van der Waals surface area (Å²) in [4.78, 5) is 18.2. The van der Waals surface area contributed by atoms with Crippen LogP contribution in [0.25, 0.3) is 6.08 Å². The molecule has 2 unspecified atom stereocenters. The van der Waals surface area contributed by atoms with E-state index in [2.05, 4.69) is 0 Å². The smallest absolute Gasteiger partial charge is 0.414 e. The summed E-state index contributed by atoms with van der Waals surface area (Å²) < 4.78 is 10.0. The van der Waals surface area contributed by atoms with Crippen molar-refractivity contribution in [2.75, 3.05) is 14.2 Å². The van der Waals surface area contributed by atoms with Gasteiger partial charge in [0.25, 0.3) is 5.79 Å². The van der Waals surface area contributed by atoms with E-state index in [0.29, 0.717) is 16.1 Å². The van der Waals surface area contributed by atoms with E-state index in [1.165, 1.54) is 14.2 Å². The highest BCUT2D eigenvalue weighted by Crippen LogP contribution is 2.41. The SMILES string of the molecule is COC1=Cc2cc(Cl)ccc2C(O)C1(O)OC.O=C(O)C(=O)O. The predicted octanol–water partition coefficient (Wildman–Crippen LogP) is 0.865. The quantitative estimate of drug-likeness (QED) is 0.458. The second-order valence-electron chi connectivity index (χ2n) is 4.40. The maximum atomic E-state index is 10.2. The highest BCUT2D eigenvalue weighted by Gasteiger charge is 2.45. The number of halogens is 1. The number of fused-ring (bicyclic) bond motifs is 1. The molecule has 0 amide bonds. The monoisotopic (exact) mass is 346 g/mol. The number of aliphatic hydroxyl groups excluding tert-OH is 1. The summed E-state index contributed by atoms with van der Waals surface area (Å²) in [5, 5.41) is 35.7. The Morgan fingerprint density at radius 2 is 1.78 bits per heavy atom. The van der Waals surface area contributed by atoms with Gasteiger partial charge in [0.05, 0.1) is 7.11 Å². The number of aliphatic carboxylic acids is 2. The summed E-state index contributed by atoms with van der Waals surface area (Å²) in [6, 6.07) is 4.98. The molecule has 1 aromatic carbocycles. The van der Waals surface area contributed by atoms with Crippen molar-refractivity contribution >= 4 is 29.6 Å². The van der Waals surface area contributed by atoms with Crippen LogP contribution in [0.1, 0.15) is 17.2 Å². The Bertz CT molecular complexity index is 630. The third kappa shape index (κ3) is 3.99. The molecule has 2 atom stereocenters. The van der Waals surface area contributed by atoms with Crippen LogP contribution >= 0.6 is 11.6 Å². The lowest BCUT2D eigenvalue weighted by atomic mass is 9.89. The van der Waals surface area contributed by atoms with E-state index in [1.807, 2.05) is 0 Å². The van der Waals surface area contributed by atoms with Crippen LogP contribution < -0.4 is 0 Å². The number of ether oxygens (including phenoxy) is 2. The average molecular weight is 347 g/mol. The Labute approximate surface area is 136 Å². The molecular weight excluding hydrogens is 332 g/mol. The van der Waals surface area contributed by atoms with Gasteiger partial charge in [-0.1, -0.05) is 17.7 Å². The Hall–Kier alpha value is -2.13. The molecule has 0 fully saturated rings. The molecule has 1 aromatic rings. The molecule has 0 radical (unpaired) electrons. The van der Waals surface area contributed by atoms with Gasteiger partial charge in [-0.25, -0.2) is 9.59 Å². The van der Waals surface area contributed by atoms with E-state index in [9.17, 15) is 10.2 Å². The third-order valence-electron chi connectivity index (χ3n) is 3.07. The van der Waals surface area contributed by atoms with Crippen molar-refractivity contribution in [2.24, 2.45) is 0 Å². The van der Waals surface area contributed by atoms with E-state index >= 15 is 0 Å². The third-order valence-corrected chi connectivity index (χ3v) is 3.30. The molecule has 8 nitrogen and oxygen atoms in total. The maximum Gasteiger partial charge on any atom is 0.414 e. The number of benzene rings is 1. The molecule has 0 saturated heterocycles. The van der Waals surface area contributed by atoms with Gasteiger partial charge in [-0.3, -0.25) is 0 Å². The normalized spacial score (nSPS) is 22.1. The molecule has 1 aliphatic carbocycles. The van der Waals surface area contributed by atoms with Crippen molar-refractivity contribution in [1.29, 1.82) is 0 Å². The van der Waals surface area contributed by atoms with E-state index in [1.54, 1.807) is 24.3 Å². The van der Waals surface area contributed by atoms with E-state index in [4.69, 9.17) is 40.9 Å². The molecule has 126 valence electrons. The van der Waals surface area contributed by atoms with Crippen molar-refractivity contribution in [3.63, 3.8) is 0 Å². The zero-order chi connectivity index (χ0) is 17.8. The minimum Gasteiger partial charge on any atom is -0.495 e. The number of carbonyl (C=O) groups is 2. The fourth-order valence-corrected chi connectivity index (χ4v) is 2.11. The molecule has 0 heterocycles. The lowest BCUT2D eigenvalue weighted by molar-refractivity contribution is -0.238. The van der Waals surface area contributed by atoms with Gasteiger partial charge in [0, 0.05) is 12.1 Å². The van der Waals surface area contributed by atoms with Crippen LogP contribution in [0.5, 0.6) is 0 Å². The zero-order valence-electron chi connectivity index (χ0n) is 12.2. The van der Waals surface area contributed by atoms with Crippen LogP contribution in [0.15, 0.2) is 24.0 Å². The van der Waals surface area contributed by atoms with Gasteiger partial charge in [-0.2, -0.15) is 0 Å². The predicted molar refractivity (Wildman–Crippen MR) is 78.6 cm³/mol. The summed E-state index contributed by atoms with van der Waals surface area (Å²) in [5.41, 5.74) is 1.24.